The van der Waals surface area contributed by atoms with Crippen LogP contribution < -0.4 is 18.9 Å². The van der Waals surface area contributed by atoms with Crippen LogP contribution >= 0.6 is 0 Å². The zero-order valence-electron chi connectivity index (χ0n) is 26.1. The highest BCUT2D eigenvalue weighted by Crippen LogP contribution is 2.37. The summed E-state index contributed by atoms with van der Waals surface area (Å²) < 4.78 is 21.7. The van der Waals surface area contributed by atoms with E-state index in [1.165, 1.54) is 22.3 Å². The van der Waals surface area contributed by atoms with Gasteiger partial charge in [0.25, 0.3) is 0 Å². The fourth-order valence-electron chi connectivity index (χ4n) is 6.45. The van der Waals surface area contributed by atoms with E-state index in [2.05, 4.69) is 117 Å². The van der Waals surface area contributed by atoms with Crippen LogP contribution in [0.3, 0.4) is 0 Å². The second-order valence-electron chi connectivity index (χ2n) is 11.5. The van der Waals surface area contributed by atoms with E-state index in [-0.39, 0.29) is 12.3 Å². The van der Waals surface area contributed by atoms with Crippen molar-refractivity contribution >= 4 is 0 Å². The molecule has 0 aromatic heterocycles. The van der Waals surface area contributed by atoms with E-state index in [1.54, 1.807) is 28.4 Å². The molecule has 0 amide bonds. The van der Waals surface area contributed by atoms with Crippen molar-refractivity contribution in [3.05, 3.63) is 119 Å². The summed E-state index contributed by atoms with van der Waals surface area (Å²) >= 11 is 0. The van der Waals surface area contributed by atoms with Crippen LogP contribution in [0.1, 0.15) is 22.3 Å². The van der Waals surface area contributed by atoms with Crippen molar-refractivity contribution in [1.82, 2.24) is 19.6 Å². The molecule has 2 fully saturated rings. The first-order chi connectivity index (χ1) is 21.6. The number of hydrogen-bond acceptors (Lipinski definition) is 8. The first-order valence-corrected chi connectivity index (χ1v) is 15.0. The highest BCUT2D eigenvalue weighted by Gasteiger charge is 2.51. The van der Waals surface area contributed by atoms with Crippen LogP contribution in [0.25, 0.3) is 0 Å². The Kier molecular flexibility index (Phi) is 9.33. The van der Waals surface area contributed by atoms with Crippen molar-refractivity contribution in [2.45, 2.75) is 38.5 Å². The van der Waals surface area contributed by atoms with Crippen LogP contribution in [-0.2, 0) is 26.2 Å². The minimum atomic E-state index is 0.204. The van der Waals surface area contributed by atoms with Gasteiger partial charge >= 0.3 is 0 Å². The molecule has 0 radical (unpaired) electrons. The van der Waals surface area contributed by atoms with Crippen molar-refractivity contribution in [2.75, 3.05) is 41.8 Å². The Bertz CT molecular complexity index is 1250. The molecule has 8 nitrogen and oxygen atoms in total. The first kappa shape index (κ1) is 30.0. The first-order valence-electron chi connectivity index (χ1n) is 15.0. The molecule has 2 aliphatic rings. The average Bonchev–Trinajstić information content (AvgIpc) is 3.60. The predicted octanol–water partition coefficient (Wildman–Crippen LogP) is 5.62. The standard InChI is InChI=1S/C36H42N4O4/c1-41-31-13-5-27(6-14-31)21-37-25-38(22-28-7-15-32(42-2)16-8-28)36-35(37)39(23-29-9-17-33(43-3)18-10-29)26-40(36)24-30-11-19-34(44-4)20-12-30/h5-20,35-36H,21-26H2,1-4H3. The van der Waals surface area contributed by atoms with Crippen molar-refractivity contribution in [1.29, 1.82) is 0 Å². The molecule has 0 saturated carbocycles. The molecule has 0 unspecified atom stereocenters. The second-order valence-corrected chi connectivity index (χ2v) is 11.5. The van der Waals surface area contributed by atoms with Crippen LogP contribution in [0.4, 0.5) is 0 Å². The van der Waals surface area contributed by atoms with Crippen LogP contribution in [0, 0.1) is 0 Å². The molecular weight excluding hydrogens is 552 g/mol. The van der Waals surface area contributed by atoms with Gasteiger partial charge in [0.05, 0.1) is 54.1 Å². The monoisotopic (exact) mass is 594 g/mol. The summed E-state index contributed by atoms with van der Waals surface area (Å²) in [4.78, 5) is 10.5. The van der Waals surface area contributed by atoms with Gasteiger partial charge in [-0.25, -0.2) is 0 Å². The third-order valence-electron chi connectivity index (χ3n) is 8.67. The van der Waals surface area contributed by atoms with Gasteiger partial charge in [-0.05, 0) is 70.8 Å². The molecule has 230 valence electrons. The van der Waals surface area contributed by atoms with Crippen molar-refractivity contribution in [3.63, 3.8) is 0 Å². The smallest absolute Gasteiger partial charge is 0.118 e. The van der Waals surface area contributed by atoms with Crippen LogP contribution in [0.2, 0.25) is 0 Å². The van der Waals surface area contributed by atoms with E-state index >= 15 is 0 Å². The van der Waals surface area contributed by atoms with Gasteiger partial charge < -0.3 is 18.9 Å². The fourth-order valence-corrected chi connectivity index (χ4v) is 6.45. The highest BCUT2D eigenvalue weighted by atomic mass is 16.5. The lowest BCUT2D eigenvalue weighted by molar-refractivity contribution is 0.0697. The summed E-state index contributed by atoms with van der Waals surface area (Å²) in [6, 6.07) is 33.9. The highest BCUT2D eigenvalue weighted by molar-refractivity contribution is 5.31. The van der Waals surface area contributed by atoms with Gasteiger partial charge in [-0.3, -0.25) is 19.6 Å². The van der Waals surface area contributed by atoms with Gasteiger partial charge in [0.15, 0.2) is 0 Å². The predicted molar refractivity (Wildman–Crippen MR) is 171 cm³/mol. The van der Waals surface area contributed by atoms with Gasteiger partial charge in [-0.1, -0.05) is 48.5 Å². The molecule has 0 N–H and O–H groups in total. The zero-order valence-corrected chi connectivity index (χ0v) is 26.1. The van der Waals surface area contributed by atoms with E-state index in [1.807, 2.05) is 0 Å². The van der Waals surface area contributed by atoms with E-state index in [9.17, 15) is 0 Å². The minimum Gasteiger partial charge on any atom is -0.497 e. The van der Waals surface area contributed by atoms with Crippen LogP contribution in [-0.4, -0.2) is 73.7 Å². The summed E-state index contributed by atoms with van der Waals surface area (Å²) in [6.07, 6.45) is 0.409. The number of hydrogen-bond donors (Lipinski definition) is 0. The Morgan fingerprint density at radius 3 is 0.773 bits per heavy atom. The maximum absolute atomic E-state index is 5.43. The molecule has 6 rings (SSSR count). The van der Waals surface area contributed by atoms with Crippen molar-refractivity contribution in [2.24, 2.45) is 0 Å². The Balaban J connectivity index is 1.32. The molecule has 2 heterocycles. The molecule has 4 aromatic rings. The van der Waals surface area contributed by atoms with Crippen LogP contribution in [0.15, 0.2) is 97.1 Å². The number of rotatable bonds is 12. The second kappa shape index (κ2) is 13.7. The Labute approximate surface area is 260 Å². The van der Waals surface area contributed by atoms with Gasteiger partial charge in [0, 0.05) is 26.2 Å². The number of ether oxygens (including phenoxy) is 4. The number of fused-ring (bicyclic) bond motifs is 1. The molecule has 44 heavy (non-hydrogen) atoms. The van der Waals surface area contributed by atoms with Crippen LogP contribution in [0.5, 0.6) is 23.0 Å². The van der Waals surface area contributed by atoms with E-state index in [4.69, 9.17) is 18.9 Å². The Hall–Kier alpha value is -4.08. The molecule has 2 saturated heterocycles. The topological polar surface area (TPSA) is 49.9 Å². The lowest BCUT2D eigenvalue weighted by atomic mass is 10.1. The SMILES string of the molecule is COc1ccc(CN2CN(Cc3ccc(OC)cc3)C3C2N(Cc2ccc(OC)cc2)CN3Cc2ccc(OC)cc2)cc1. The molecule has 0 spiro atoms. The maximum atomic E-state index is 5.43. The third kappa shape index (κ3) is 6.69. The van der Waals surface area contributed by atoms with Crippen molar-refractivity contribution < 1.29 is 18.9 Å². The molecule has 4 aromatic carbocycles. The van der Waals surface area contributed by atoms with E-state index in [0.717, 1.165) is 62.5 Å². The number of methoxy groups -OCH3 is 4. The van der Waals surface area contributed by atoms with E-state index < -0.39 is 0 Å². The molecule has 0 bridgehead atoms. The number of benzene rings is 4. The molecule has 0 atom stereocenters. The minimum absolute atomic E-state index is 0.204. The summed E-state index contributed by atoms with van der Waals surface area (Å²) in [7, 11) is 6.85. The Morgan fingerprint density at radius 2 is 0.591 bits per heavy atom. The summed E-state index contributed by atoms with van der Waals surface area (Å²) in [5, 5.41) is 0. The van der Waals surface area contributed by atoms with Gasteiger partial charge in [-0.15, -0.1) is 0 Å². The molecule has 8 heteroatoms. The summed E-state index contributed by atoms with van der Waals surface area (Å²) in [6.45, 7) is 5.09. The zero-order chi connectivity index (χ0) is 30.5. The lowest BCUT2D eigenvalue weighted by Gasteiger charge is -2.30. The van der Waals surface area contributed by atoms with Gasteiger partial charge in [-0.2, -0.15) is 0 Å². The van der Waals surface area contributed by atoms with Gasteiger partial charge in [0.2, 0.25) is 0 Å². The third-order valence-corrected chi connectivity index (χ3v) is 8.67. The quantitative estimate of drug-likeness (QED) is 0.210. The fraction of sp³-hybridized carbons (Fsp3) is 0.333. The number of nitrogens with zero attached hydrogens (tertiary/aromatic N) is 4. The molecular formula is C36H42N4O4. The normalized spacial score (nSPS) is 19.2. The Morgan fingerprint density at radius 1 is 0.386 bits per heavy atom. The molecule has 0 aliphatic carbocycles. The largest absolute Gasteiger partial charge is 0.497 e. The lowest BCUT2D eigenvalue weighted by Crippen LogP contribution is -2.45. The van der Waals surface area contributed by atoms with Crippen molar-refractivity contribution in [3.8, 4) is 23.0 Å². The van der Waals surface area contributed by atoms with Gasteiger partial charge in [0.1, 0.15) is 23.0 Å². The summed E-state index contributed by atoms with van der Waals surface area (Å²) in [5.74, 6) is 3.51. The molecule has 2 aliphatic heterocycles. The summed E-state index contributed by atoms with van der Waals surface area (Å²) in [5.41, 5.74) is 5.09. The maximum Gasteiger partial charge on any atom is 0.118 e. The van der Waals surface area contributed by atoms with E-state index in [0.29, 0.717) is 0 Å². The average molecular weight is 595 g/mol.